The van der Waals surface area contributed by atoms with Crippen LogP contribution in [0.2, 0.25) is 0 Å². The molecule has 9 nitrogen and oxygen atoms in total. The second-order valence-corrected chi connectivity index (χ2v) is 8.39. The van der Waals surface area contributed by atoms with Gasteiger partial charge >= 0.3 is 5.97 Å². The minimum absolute atomic E-state index is 0.0624. The Hall–Kier alpha value is -2.46. The molecule has 154 valence electrons. The van der Waals surface area contributed by atoms with Crippen molar-refractivity contribution >= 4 is 33.5 Å². The minimum atomic E-state index is -3.93. The summed E-state index contributed by atoms with van der Waals surface area (Å²) in [6, 6.07) is 5.60. The van der Waals surface area contributed by atoms with E-state index in [4.69, 9.17) is 4.74 Å². The average molecular weight is 411 g/mol. The standard InChI is InChI=1S/C18H25N3O6S/c1-13-5-3-4-10-21(13)17(23)12-27-18(24)11-19-28(25,26)16-8-6-15(7-9-16)20-14(2)22/h6-9,13,19H,3-5,10-12H2,1-2H3,(H,20,22)/t13-/m1/s1. The van der Waals surface area contributed by atoms with E-state index in [0.717, 1.165) is 19.3 Å². The van der Waals surface area contributed by atoms with E-state index >= 15 is 0 Å². The molecule has 2 rings (SSSR count). The molecule has 1 aromatic rings. The largest absolute Gasteiger partial charge is 0.455 e. The summed E-state index contributed by atoms with van der Waals surface area (Å²) in [5, 5.41) is 2.53. The molecule has 28 heavy (non-hydrogen) atoms. The fraction of sp³-hybridized carbons (Fsp3) is 0.500. The van der Waals surface area contributed by atoms with Crippen LogP contribution in [0.4, 0.5) is 5.69 Å². The maximum atomic E-state index is 12.2. The quantitative estimate of drug-likeness (QED) is 0.642. The van der Waals surface area contributed by atoms with E-state index in [2.05, 4.69) is 10.0 Å². The highest BCUT2D eigenvalue weighted by Gasteiger charge is 2.24. The predicted molar refractivity (Wildman–Crippen MR) is 102 cm³/mol. The summed E-state index contributed by atoms with van der Waals surface area (Å²) in [6.45, 7) is 2.94. The Balaban J connectivity index is 1.82. The van der Waals surface area contributed by atoms with E-state index in [1.807, 2.05) is 6.92 Å². The van der Waals surface area contributed by atoms with Crippen LogP contribution in [0, 0.1) is 0 Å². The summed E-state index contributed by atoms with van der Waals surface area (Å²) in [5.74, 6) is -1.39. The second-order valence-electron chi connectivity index (χ2n) is 6.62. The molecule has 1 atom stereocenters. The number of hydrogen-bond donors (Lipinski definition) is 2. The van der Waals surface area contributed by atoms with Crippen molar-refractivity contribution in [3.63, 3.8) is 0 Å². The van der Waals surface area contributed by atoms with Gasteiger partial charge in [-0.1, -0.05) is 0 Å². The lowest BCUT2D eigenvalue weighted by atomic mass is 10.0. The molecule has 2 N–H and O–H groups in total. The molecule has 0 aliphatic carbocycles. The Morgan fingerprint density at radius 3 is 2.46 bits per heavy atom. The van der Waals surface area contributed by atoms with E-state index in [9.17, 15) is 22.8 Å². The molecule has 1 aliphatic heterocycles. The van der Waals surface area contributed by atoms with Gasteiger partial charge in [0.25, 0.3) is 5.91 Å². The highest BCUT2D eigenvalue weighted by atomic mass is 32.2. The van der Waals surface area contributed by atoms with Gasteiger partial charge in [0.1, 0.15) is 6.54 Å². The smallest absolute Gasteiger partial charge is 0.321 e. The second kappa shape index (κ2) is 9.65. The molecule has 2 amide bonds. The summed E-state index contributed by atoms with van der Waals surface area (Å²) in [6.07, 6.45) is 2.91. The molecule has 1 fully saturated rings. The van der Waals surface area contributed by atoms with Gasteiger partial charge in [-0.2, -0.15) is 4.72 Å². The number of benzene rings is 1. The van der Waals surface area contributed by atoms with Crippen LogP contribution >= 0.6 is 0 Å². The SMILES string of the molecule is CC(=O)Nc1ccc(S(=O)(=O)NCC(=O)OCC(=O)N2CCCC[C@H]2C)cc1. The maximum Gasteiger partial charge on any atom is 0.321 e. The fourth-order valence-electron chi connectivity index (χ4n) is 2.90. The Kier molecular flexibility index (Phi) is 7.53. The van der Waals surface area contributed by atoms with Crippen LogP contribution in [0.15, 0.2) is 29.2 Å². The van der Waals surface area contributed by atoms with Crippen LogP contribution < -0.4 is 10.0 Å². The average Bonchev–Trinajstić information content (AvgIpc) is 2.65. The van der Waals surface area contributed by atoms with Gasteiger partial charge < -0.3 is 15.0 Å². The van der Waals surface area contributed by atoms with Gasteiger partial charge in [-0.15, -0.1) is 0 Å². The lowest BCUT2D eigenvalue weighted by molar-refractivity contribution is -0.152. The zero-order chi connectivity index (χ0) is 20.7. The number of anilines is 1. The number of nitrogens with zero attached hydrogens (tertiary/aromatic N) is 1. The molecule has 0 aromatic heterocycles. The zero-order valence-electron chi connectivity index (χ0n) is 15.9. The zero-order valence-corrected chi connectivity index (χ0v) is 16.8. The van der Waals surface area contributed by atoms with E-state index in [1.54, 1.807) is 4.90 Å². The molecule has 0 radical (unpaired) electrons. The van der Waals surface area contributed by atoms with Gasteiger partial charge in [0, 0.05) is 25.2 Å². The molecule has 1 aromatic carbocycles. The first-order valence-electron chi connectivity index (χ1n) is 9.01. The van der Waals surface area contributed by atoms with Crippen molar-refractivity contribution in [2.24, 2.45) is 0 Å². The van der Waals surface area contributed by atoms with Crippen molar-refractivity contribution in [3.8, 4) is 0 Å². The number of esters is 1. The fourth-order valence-corrected chi connectivity index (χ4v) is 3.87. The monoisotopic (exact) mass is 411 g/mol. The van der Waals surface area contributed by atoms with Crippen LogP contribution in [-0.2, 0) is 29.1 Å². The number of amides is 2. The van der Waals surface area contributed by atoms with Crippen LogP contribution in [0.1, 0.15) is 33.1 Å². The summed E-state index contributed by atoms with van der Waals surface area (Å²) < 4.78 is 31.5. The molecule has 1 aliphatic rings. The molecular formula is C18H25N3O6S. The van der Waals surface area contributed by atoms with Crippen LogP contribution in [0.25, 0.3) is 0 Å². The molecule has 0 spiro atoms. The molecule has 0 saturated carbocycles. The molecule has 10 heteroatoms. The van der Waals surface area contributed by atoms with Crippen molar-refractivity contribution in [3.05, 3.63) is 24.3 Å². The number of hydrogen-bond acceptors (Lipinski definition) is 6. The number of ether oxygens (including phenoxy) is 1. The van der Waals surface area contributed by atoms with Gasteiger partial charge in [-0.3, -0.25) is 14.4 Å². The van der Waals surface area contributed by atoms with Crippen molar-refractivity contribution < 1.29 is 27.5 Å². The van der Waals surface area contributed by atoms with E-state index in [-0.39, 0.29) is 22.8 Å². The minimum Gasteiger partial charge on any atom is -0.455 e. The summed E-state index contributed by atoms with van der Waals surface area (Å²) in [4.78, 5) is 36.5. The Morgan fingerprint density at radius 1 is 1.18 bits per heavy atom. The lowest BCUT2D eigenvalue weighted by Gasteiger charge is -2.33. The summed E-state index contributed by atoms with van der Waals surface area (Å²) in [5.41, 5.74) is 0.455. The third kappa shape index (κ3) is 6.31. The maximum absolute atomic E-state index is 12.2. The Morgan fingerprint density at radius 2 is 1.86 bits per heavy atom. The summed E-state index contributed by atoms with van der Waals surface area (Å²) >= 11 is 0. The number of likely N-dealkylation sites (tertiary alicyclic amines) is 1. The highest BCUT2D eigenvalue weighted by molar-refractivity contribution is 7.89. The molecule has 1 saturated heterocycles. The van der Waals surface area contributed by atoms with Crippen LogP contribution in [0.5, 0.6) is 0 Å². The van der Waals surface area contributed by atoms with Gasteiger partial charge in [-0.05, 0) is 50.5 Å². The predicted octanol–water partition coefficient (Wildman–Crippen LogP) is 0.868. The third-order valence-electron chi connectivity index (χ3n) is 4.37. The molecular weight excluding hydrogens is 386 g/mol. The van der Waals surface area contributed by atoms with Crippen LogP contribution in [-0.4, -0.2) is 56.8 Å². The van der Waals surface area contributed by atoms with Crippen molar-refractivity contribution in [1.82, 2.24) is 9.62 Å². The third-order valence-corrected chi connectivity index (χ3v) is 5.79. The summed E-state index contributed by atoms with van der Waals surface area (Å²) in [7, 11) is -3.93. The first kappa shape index (κ1) is 21.8. The van der Waals surface area contributed by atoms with Gasteiger partial charge in [-0.25, -0.2) is 8.42 Å². The number of sulfonamides is 1. The Bertz CT molecular complexity index is 822. The van der Waals surface area contributed by atoms with Gasteiger partial charge in [0.2, 0.25) is 15.9 Å². The molecule has 0 bridgehead atoms. The first-order valence-corrected chi connectivity index (χ1v) is 10.5. The number of carbonyl (C=O) groups is 3. The van der Waals surface area contributed by atoms with Crippen molar-refractivity contribution in [2.75, 3.05) is 25.0 Å². The topological polar surface area (TPSA) is 122 Å². The van der Waals surface area contributed by atoms with E-state index in [1.165, 1.54) is 31.2 Å². The van der Waals surface area contributed by atoms with Gasteiger partial charge in [0.15, 0.2) is 6.61 Å². The number of rotatable bonds is 7. The Labute approximate surface area is 164 Å². The first-order chi connectivity index (χ1) is 13.2. The van der Waals surface area contributed by atoms with E-state index in [0.29, 0.717) is 12.2 Å². The lowest BCUT2D eigenvalue weighted by Crippen LogP contribution is -2.44. The molecule has 0 unspecified atom stereocenters. The number of carbonyl (C=O) groups excluding carboxylic acids is 3. The number of nitrogens with one attached hydrogen (secondary N) is 2. The molecule has 1 heterocycles. The van der Waals surface area contributed by atoms with Gasteiger partial charge in [0.05, 0.1) is 4.90 Å². The van der Waals surface area contributed by atoms with Crippen molar-refractivity contribution in [2.45, 2.75) is 44.0 Å². The van der Waals surface area contributed by atoms with Crippen LogP contribution in [0.3, 0.4) is 0 Å². The van der Waals surface area contributed by atoms with Crippen molar-refractivity contribution in [1.29, 1.82) is 0 Å². The normalized spacial score (nSPS) is 17.1. The number of piperidine rings is 1. The highest BCUT2D eigenvalue weighted by Crippen LogP contribution is 2.16. The van der Waals surface area contributed by atoms with E-state index < -0.39 is 29.1 Å².